The van der Waals surface area contributed by atoms with E-state index in [-0.39, 0.29) is 6.04 Å². The van der Waals surface area contributed by atoms with Crippen LogP contribution in [0.3, 0.4) is 0 Å². The molecule has 1 atom stereocenters. The molecule has 0 spiro atoms. The Kier molecular flexibility index (Phi) is 4.51. The van der Waals surface area contributed by atoms with Crippen molar-refractivity contribution in [1.29, 1.82) is 0 Å². The number of nitrogens with zero attached hydrogens (tertiary/aromatic N) is 1. The average molecular weight is 315 g/mol. The number of nitrogens with two attached hydrogens (primary N) is 1. The van der Waals surface area contributed by atoms with Crippen LogP contribution < -0.4 is 5.73 Å². The van der Waals surface area contributed by atoms with Crippen LogP contribution in [0.5, 0.6) is 0 Å². The lowest BCUT2D eigenvalue weighted by Gasteiger charge is -2.29. The smallest absolute Gasteiger partial charge is 0.169 e. The summed E-state index contributed by atoms with van der Waals surface area (Å²) >= 11 is 3.36. The van der Waals surface area contributed by atoms with Crippen LogP contribution in [0.2, 0.25) is 0 Å². The van der Waals surface area contributed by atoms with Crippen LogP contribution >= 0.6 is 15.9 Å². The van der Waals surface area contributed by atoms with Crippen LogP contribution in [0.4, 0.5) is 0 Å². The van der Waals surface area contributed by atoms with E-state index in [0.717, 1.165) is 23.5 Å². The molecule has 102 valence electrons. The summed E-state index contributed by atoms with van der Waals surface area (Å²) in [6.07, 6.45) is 3.76. The number of hydrogen-bond acceptors (Lipinski definition) is 3. The highest BCUT2D eigenvalue weighted by atomic mass is 79.9. The van der Waals surface area contributed by atoms with Crippen molar-refractivity contribution in [1.82, 2.24) is 4.90 Å². The van der Waals surface area contributed by atoms with Crippen molar-refractivity contribution in [2.45, 2.75) is 39.2 Å². The Morgan fingerprint density at radius 1 is 1.39 bits per heavy atom. The summed E-state index contributed by atoms with van der Waals surface area (Å²) in [7, 11) is 0. The number of furan rings is 1. The summed E-state index contributed by atoms with van der Waals surface area (Å²) in [5, 5.41) is 0. The topological polar surface area (TPSA) is 42.4 Å². The molecular formula is C14H23BrN2O. The minimum atomic E-state index is 0.213. The molecule has 1 aromatic rings. The summed E-state index contributed by atoms with van der Waals surface area (Å²) in [6.45, 7) is 7.55. The van der Waals surface area contributed by atoms with Gasteiger partial charge in [-0.1, -0.05) is 13.8 Å². The molecule has 0 radical (unpaired) electrons. The standard InChI is InChI=1S/C14H23BrN2O/c1-14(2)6-3-8-17(9-7-14)11(10-16)12-4-5-13(15)18-12/h4-5,11H,3,6-10,16H2,1-2H3. The summed E-state index contributed by atoms with van der Waals surface area (Å²) in [5.74, 6) is 0.976. The van der Waals surface area contributed by atoms with Crippen molar-refractivity contribution in [2.75, 3.05) is 19.6 Å². The van der Waals surface area contributed by atoms with Gasteiger partial charge in [0.25, 0.3) is 0 Å². The van der Waals surface area contributed by atoms with Crippen molar-refractivity contribution in [3.05, 3.63) is 22.6 Å². The second kappa shape index (κ2) is 5.76. The molecule has 0 aromatic carbocycles. The van der Waals surface area contributed by atoms with E-state index >= 15 is 0 Å². The molecule has 1 fully saturated rings. The van der Waals surface area contributed by atoms with Gasteiger partial charge < -0.3 is 10.2 Å². The number of likely N-dealkylation sites (tertiary alicyclic amines) is 1. The third-order valence-electron chi connectivity index (χ3n) is 3.96. The Balaban J connectivity index is 2.08. The van der Waals surface area contributed by atoms with Gasteiger partial charge in [-0.15, -0.1) is 0 Å². The van der Waals surface area contributed by atoms with Gasteiger partial charge in [-0.05, 0) is 65.8 Å². The molecule has 2 N–H and O–H groups in total. The Bertz CT molecular complexity index is 389. The summed E-state index contributed by atoms with van der Waals surface area (Å²) in [4.78, 5) is 2.47. The highest BCUT2D eigenvalue weighted by Crippen LogP contribution is 2.33. The van der Waals surface area contributed by atoms with Crippen molar-refractivity contribution < 1.29 is 4.42 Å². The van der Waals surface area contributed by atoms with Gasteiger partial charge in [-0.3, -0.25) is 4.90 Å². The zero-order chi connectivity index (χ0) is 13.2. The third-order valence-corrected chi connectivity index (χ3v) is 4.39. The highest BCUT2D eigenvalue weighted by molar-refractivity contribution is 9.10. The molecule has 0 bridgehead atoms. The van der Waals surface area contributed by atoms with Gasteiger partial charge in [0, 0.05) is 6.54 Å². The van der Waals surface area contributed by atoms with Crippen LogP contribution in [0.1, 0.15) is 44.9 Å². The molecule has 1 aliphatic rings. The minimum absolute atomic E-state index is 0.213. The maximum Gasteiger partial charge on any atom is 0.169 e. The molecule has 1 saturated heterocycles. The Morgan fingerprint density at radius 3 is 2.78 bits per heavy atom. The van der Waals surface area contributed by atoms with E-state index in [2.05, 4.69) is 34.7 Å². The quantitative estimate of drug-likeness (QED) is 0.927. The van der Waals surface area contributed by atoms with Crippen LogP contribution in [0.25, 0.3) is 0 Å². The molecule has 2 rings (SSSR count). The molecular weight excluding hydrogens is 292 g/mol. The first kappa shape index (κ1) is 14.1. The zero-order valence-corrected chi connectivity index (χ0v) is 12.9. The minimum Gasteiger partial charge on any atom is -0.453 e. The maximum absolute atomic E-state index is 5.95. The van der Waals surface area contributed by atoms with Crippen molar-refractivity contribution in [2.24, 2.45) is 11.1 Å². The average Bonchev–Trinajstić information content (AvgIpc) is 2.64. The molecule has 0 saturated carbocycles. The van der Waals surface area contributed by atoms with E-state index in [0.29, 0.717) is 12.0 Å². The molecule has 0 aliphatic carbocycles. The van der Waals surface area contributed by atoms with E-state index < -0.39 is 0 Å². The first-order chi connectivity index (χ1) is 8.52. The zero-order valence-electron chi connectivity index (χ0n) is 11.3. The fraction of sp³-hybridized carbons (Fsp3) is 0.714. The number of halogens is 1. The summed E-state index contributed by atoms with van der Waals surface area (Å²) in [6, 6.07) is 4.18. The van der Waals surface area contributed by atoms with E-state index in [4.69, 9.17) is 10.2 Å². The summed E-state index contributed by atoms with van der Waals surface area (Å²) in [5.41, 5.74) is 6.40. The lowest BCUT2D eigenvalue weighted by molar-refractivity contribution is 0.177. The number of hydrogen-bond donors (Lipinski definition) is 1. The van der Waals surface area contributed by atoms with Crippen LogP contribution in [-0.2, 0) is 0 Å². The van der Waals surface area contributed by atoms with Crippen LogP contribution in [-0.4, -0.2) is 24.5 Å². The first-order valence-corrected chi connectivity index (χ1v) is 7.50. The Labute approximate surface area is 118 Å². The van der Waals surface area contributed by atoms with Gasteiger partial charge >= 0.3 is 0 Å². The molecule has 18 heavy (non-hydrogen) atoms. The first-order valence-electron chi connectivity index (χ1n) is 6.71. The van der Waals surface area contributed by atoms with Crippen molar-refractivity contribution in [3.8, 4) is 0 Å². The van der Waals surface area contributed by atoms with Crippen molar-refractivity contribution in [3.63, 3.8) is 0 Å². The largest absolute Gasteiger partial charge is 0.453 e. The van der Waals surface area contributed by atoms with Gasteiger partial charge in [0.05, 0.1) is 6.04 Å². The van der Waals surface area contributed by atoms with Gasteiger partial charge in [0.1, 0.15) is 5.76 Å². The van der Waals surface area contributed by atoms with E-state index in [1.54, 1.807) is 0 Å². The molecule has 2 heterocycles. The normalized spacial score (nSPS) is 22.7. The van der Waals surface area contributed by atoms with Gasteiger partial charge in [-0.25, -0.2) is 0 Å². The van der Waals surface area contributed by atoms with Gasteiger partial charge in [-0.2, -0.15) is 0 Å². The molecule has 1 unspecified atom stereocenters. The lowest BCUT2D eigenvalue weighted by Crippen LogP contribution is -2.34. The second-order valence-corrected chi connectivity index (χ2v) is 6.73. The van der Waals surface area contributed by atoms with E-state index in [1.165, 1.54) is 19.3 Å². The molecule has 1 aromatic heterocycles. The molecule has 3 nitrogen and oxygen atoms in total. The predicted molar refractivity (Wildman–Crippen MR) is 77.4 cm³/mol. The van der Waals surface area contributed by atoms with Crippen LogP contribution in [0.15, 0.2) is 21.2 Å². The Hall–Kier alpha value is -0.320. The number of rotatable bonds is 3. The fourth-order valence-electron chi connectivity index (χ4n) is 2.71. The lowest BCUT2D eigenvalue weighted by atomic mass is 9.85. The SMILES string of the molecule is CC1(C)CCCN(C(CN)c2ccc(Br)o2)CC1. The Morgan fingerprint density at radius 2 is 2.17 bits per heavy atom. The summed E-state index contributed by atoms with van der Waals surface area (Å²) < 4.78 is 6.46. The highest BCUT2D eigenvalue weighted by Gasteiger charge is 2.28. The molecule has 0 amide bonds. The molecule has 1 aliphatic heterocycles. The predicted octanol–water partition coefficient (Wildman–Crippen LogP) is 3.55. The van der Waals surface area contributed by atoms with Crippen molar-refractivity contribution >= 4 is 15.9 Å². The van der Waals surface area contributed by atoms with E-state index in [1.807, 2.05) is 12.1 Å². The monoisotopic (exact) mass is 314 g/mol. The fourth-order valence-corrected chi connectivity index (χ4v) is 3.03. The maximum atomic E-state index is 5.95. The van der Waals surface area contributed by atoms with Gasteiger partial charge in [0.2, 0.25) is 0 Å². The van der Waals surface area contributed by atoms with Gasteiger partial charge in [0.15, 0.2) is 4.67 Å². The van der Waals surface area contributed by atoms with Crippen LogP contribution in [0, 0.1) is 5.41 Å². The van der Waals surface area contributed by atoms with E-state index in [9.17, 15) is 0 Å². The third kappa shape index (κ3) is 3.37. The molecule has 4 heteroatoms. The second-order valence-electron chi connectivity index (χ2n) is 5.95.